The van der Waals surface area contributed by atoms with Crippen molar-refractivity contribution in [2.45, 2.75) is 26.3 Å². The van der Waals surface area contributed by atoms with Crippen molar-refractivity contribution in [1.82, 2.24) is 5.32 Å². The van der Waals surface area contributed by atoms with Crippen LogP contribution in [0.5, 0.6) is 0 Å². The van der Waals surface area contributed by atoms with Crippen LogP contribution in [0, 0.1) is 6.92 Å². The van der Waals surface area contributed by atoms with Gasteiger partial charge >= 0.3 is 0 Å². The third-order valence-electron chi connectivity index (χ3n) is 1.80. The Morgan fingerprint density at radius 2 is 2.19 bits per heavy atom. The molecular formula is C10H16BrClN2O2. The van der Waals surface area contributed by atoms with Crippen LogP contribution < -0.4 is 11.1 Å². The molecule has 1 aromatic rings. The maximum absolute atomic E-state index is 11.6. The highest BCUT2D eigenvalue weighted by molar-refractivity contribution is 9.10. The molecule has 1 rings (SSSR count). The zero-order valence-corrected chi connectivity index (χ0v) is 11.9. The lowest BCUT2D eigenvalue weighted by molar-refractivity contribution is 0.0916. The smallest absolute Gasteiger partial charge is 0.287 e. The quantitative estimate of drug-likeness (QED) is 0.899. The number of amides is 1. The zero-order valence-electron chi connectivity index (χ0n) is 9.46. The molecule has 1 heterocycles. The molecule has 6 heteroatoms. The maximum Gasteiger partial charge on any atom is 0.287 e. The molecule has 0 spiro atoms. The highest BCUT2D eigenvalue weighted by atomic mass is 79.9. The Bertz CT molecular complexity index is 371. The molecule has 0 aliphatic carbocycles. The maximum atomic E-state index is 11.6. The number of nitrogens with two attached hydrogens (primary N) is 1. The molecule has 92 valence electrons. The van der Waals surface area contributed by atoms with Crippen LogP contribution in [0.1, 0.15) is 30.0 Å². The molecule has 0 aliphatic rings. The van der Waals surface area contributed by atoms with Gasteiger partial charge in [-0.3, -0.25) is 4.79 Å². The number of furan rings is 1. The van der Waals surface area contributed by atoms with Crippen LogP contribution in [0.3, 0.4) is 0 Å². The first-order valence-corrected chi connectivity index (χ1v) is 5.42. The first-order valence-electron chi connectivity index (χ1n) is 4.62. The second-order valence-corrected chi connectivity index (χ2v) is 5.02. The van der Waals surface area contributed by atoms with Crippen molar-refractivity contribution in [2.24, 2.45) is 5.73 Å². The summed E-state index contributed by atoms with van der Waals surface area (Å²) in [6.07, 6.45) is 0. The van der Waals surface area contributed by atoms with Gasteiger partial charge in [-0.05, 0) is 42.8 Å². The van der Waals surface area contributed by atoms with Gasteiger partial charge in [0.25, 0.3) is 5.91 Å². The number of halogens is 2. The van der Waals surface area contributed by atoms with Gasteiger partial charge in [-0.25, -0.2) is 0 Å². The van der Waals surface area contributed by atoms with E-state index in [1.807, 2.05) is 20.8 Å². The topological polar surface area (TPSA) is 68.3 Å². The van der Waals surface area contributed by atoms with Gasteiger partial charge in [0.05, 0.1) is 0 Å². The van der Waals surface area contributed by atoms with Crippen molar-refractivity contribution in [2.75, 3.05) is 6.54 Å². The van der Waals surface area contributed by atoms with Crippen molar-refractivity contribution >= 4 is 34.2 Å². The van der Waals surface area contributed by atoms with Gasteiger partial charge in [0, 0.05) is 17.6 Å². The van der Waals surface area contributed by atoms with E-state index in [1.54, 1.807) is 6.07 Å². The molecule has 0 aromatic carbocycles. The Balaban J connectivity index is 0.00000225. The van der Waals surface area contributed by atoms with Gasteiger partial charge in [0.15, 0.2) is 10.4 Å². The van der Waals surface area contributed by atoms with E-state index in [0.717, 1.165) is 5.56 Å². The van der Waals surface area contributed by atoms with E-state index in [0.29, 0.717) is 17.0 Å². The minimum Gasteiger partial charge on any atom is -0.444 e. The summed E-state index contributed by atoms with van der Waals surface area (Å²) in [6.45, 7) is 5.91. The van der Waals surface area contributed by atoms with E-state index in [-0.39, 0.29) is 18.3 Å². The zero-order chi connectivity index (χ0) is 11.6. The Morgan fingerprint density at radius 3 is 2.56 bits per heavy atom. The van der Waals surface area contributed by atoms with Crippen LogP contribution in [-0.2, 0) is 0 Å². The number of aryl methyl sites for hydroxylation is 1. The standard InChI is InChI=1S/C10H15BrN2O2.ClH/c1-6-4-7(11)15-8(6)9(14)13-5-10(2,3)12;/h4H,5,12H2,1-3H3,(H,13,14);1H. The molecule has 3 N–H and O–H groups in total. The average Bonchev–Trinajstić information content (AvgIpc) is 2.40. The lowest BCUT2D eigenvalue weighted by Crippen LogP contribution is -2.45. The number of hydrogen-bond acceptors (Lipinski definition) is 3. The van der Waals surface area contributed by atoms with Crippen molar-refractivity contribution < 1.29 is 9.21 Å². The van der Waals surface area contributed by atoms with Crippen LogP contribution in [0.15, 0.2) is 15.2 Å². The Morgan fingerprint density at radius 1 is 1.62 bits per heavy atom. The monoisotopic (exact) mass is 310 g/mol. The van der Waals surface area contributed by atoms with E-state index >= 15 is 0 Å². The minimum absolute atomic E-state index is 0. The summed E-state index contributed by atoms with van der Waals surface area (Å²) in [5.41, 5.74) is 6.13. The first-order chi connectivity index (χ1) is 6.79. The van der Waals surface area contributed by atoms with Crippen LogP contribution in [-0.4, -0.2) is 18.0 Å². The number of carbonyl (C=O) groups is 1. The fourth-order valence-electron chi connectivity index (χ4n) is 1.06. The van der Waals surface area contributed by atoms with Crippen LogP contribution in [0.25, 0.3) is 0 Å². The van der Waals surface area contributed by atoms with Crippen molar-refractivity contribution in [3.63, 3.8) is 0 Å². The SMILES string of the molecule is Cc1cc(Br)oc1C(=O)NCC(C)(C)N.Cl. The van der Waals surface area contributed by atoms with Gasteiger partial charge in [-0.1, -0.05) is 0 Å². The summed E-state index contributed by atoms with van der Waals surface area (Å²) in [7, 11) is 0. The van der Waals surface area contributed by atoms with Gasteiger partial charge < -0.3 is 15.5 Å². The fourth-order valence-corrected chi connectivity index (χ4v) is 1.56. The molecule has 0 fully saturated rings. The Labute approximate surface area is 109 Å². The first kappa shape index (κ1) is 15.5. The molecule has 0 radical (unpaired) electrons. The molecule has 4 nitrogen and oxygen atoms in total. The lowest BCUT2D eigenvalue weighted by Gasteiger charge is -2.18. The summed E-state index contributed by atoms with van der Waals surface area (Å²) >= 11 is 3.17. The molecule has 16 heavy (non-hydrogen) atoms. The second kappa shape index (κ2) is 5.70. The van der Waals surface area contributed by atoms with E-state index < -0.39 is 5.54 Å². The number of rotatable bonds is 3. The lowest BCUT2D eigenvalue weighted by atomic mass is 10.1. The van der Waals surface area contributed by atoms with E-state index in [1.165, 1.54) is 0 Å². The van der Waals surface area contributed by atoms with Crippen molar-refractivity contribution in [3.05, 3.63) is 22.1 Å². The number of hydrogen-bond donors (Lipinski definition) is 2. The van der Waals surface area contributed by atoms with Gasteiger partial charge in [-0.2, -0.15) is 0 Å². The van der Waals surface area contributed by atoms with Gasteiger partial charge in [0.2, 0.25) is 0 Å². The molecule has 1 amide bonds. The van der Waals surface area contributed by atoms with Crippen molar-refractivity contribution in [3.8, 4) is 0 Å². The molecular weight excluding hydrogens is 295 g/mol. The van der Waals surface area contributed by atoms with Crippen LogP contribution >= 0.6 is 28.3 Å². The molecule has 0 saturated heterocycles. The molecule has 0 atom stereocenters. The van der Waals surface area contributed by atoms with Gasteiger partial charge in [-0.15, -0.1) is 12.4 Å². The van der Waals surface area contributed by atoms with Crippen LogP contribution in [0.2, 0.25) is 0 Å². The van der Waals surface area contributed by atoms with Gasteiger partial charge in [0.1, 0.15) is 0 Å². The second-order valence-electron chi connectivity index (χ2n) is 4.23. The Kier molecular flexibility index (Phi) is 5.52. The van der Waals surface area contributed by atoms with E-state index in [2.05, 4.69) is 21.2 Å². The summed E-state index contributed by atoms with van der Waals surface area (Å²) in [5.74, 6) is 0.0860. The molecule has 0 saturated carbocycles. The van der Waals surface area contributed by atoms with Crippen molar-refractivity contribution in [1.29, 1.82) is 0 Å². The number of carbonyl (C=O) groups excluding carboxylic acids is 1. The predicted octanol–water partition coefficient (Wildman–Crippen LogP) is 2.24. The molecule has 0 unspecified atom stereocenters. The summed E-state index contributed by atoms with van der Waals surface area (Å²) in [5, 5.41) is 2.71. The highest BCUT2D eigenvalue weighted by Crippen LogP contribution is 2.19. The fraction of sp³-hybridized carbons (Fsp3) is 0.500. The molecule has 0 bridgehead atoms. The summed E-state index contributed by atoms with van der Waals surface area (Å²) in [4.78, 5) is 11.6. The van der Waals surface area contributed by atoms with E-state index in [9.17, 15) is 4.79 Å². The molecule has 1 aromatic heterocycles. The normalized spacial score (nSPS) is 10.8. The minimum atomic E-state index is -0.423. The third kappa shape index (κ3) is 4.55. The highest BCUT2D eigenvalue weighted by Gasteiger charge is 2.17. The van der Waals surface area contributed by atoms with Crippen LogP contribution in [0.4, 0.5) is 0 Å². The summed E-state index contributed by atoms with van der Waals surface area (Å²) in [6, 6.07) is 1.75. The molecule has 0 aliphatic heterocycles. The number of nitrogens with one attached hydrogen (secondary N) is 1. The van der Waals surface area contributed by atoms with E-state index in [4.69, 9.17) is 10.2 Å². The largest absolute Gasteiger partial charge is 0.444 e. The predicted molar refractivity (Wildman–Crippen MR) is 69.0 cm³/mol. The summed E-state index contributed by atoms with van der Waals surface area (Å²) < 4.78 is 5.76. The third-order valence-corrected chi connectivity index (χ3v) is 2.19. The average molecular weight is 312 g/mol. The Hall–Kier alpha value is -0.520.